The number of hydrogen-bond donors (Lipinski definition) is 2. The van der Waals surface area contributed by atoms with E-state index in [1.165, 1.54) is 0 Å². The molecule has 1 aromatic heterocycles. The van der Waals surface area contributed by atoms with Crippen LogP contribution in [0.3, 0.4) is 0 Å². The van der Waals surface area contributed by atoms with Gasteiger partial charge in [-0.25, -0.2) is 15.8 Å². The molecule has 6 nitrogen and oxygen atoms in total. The SMILES string of the molecule is CCOC(=O)CNC(=S)N(N)c1ncc(C(F)(F)F)cc1Cl. The van der Waals surface area contributed by atoms with Gasteiger partial charge in [-0.15, -0.1) is 0 Å². The van der Waals surface area contributed by atoms with E-state index >= 15 is 0 Å². The number of alkyl halides is 3. The van der Waals surface area contributed by atoms with E-state index in [9.17, 15) is 18.0 Å². The van der Waals surface area contributed by atoms with Gasteiger partial charge >= 0.3 is 12.1 Å². The van der Waals surface area contributed by atoms with Crippen molar-refractivity contribution in [2.45, 2.75) is 13.1 Å². The van der Waals surface area contributed by atoms with Crippen molar-refractivity contribution in [1.29, 1.82) is 0 Å². The Hall–Kier alpha value is -1.65. The predicted molar refractivity (Wildman–Crippen MR) is 78.1 cm³/mol. The highest BCUT2D eigenvalue weighted by atomic mass is 35.5. The highest BCUT2D eigenvalue weighted by Crippen LogP contribution is 2.32. The van der Waals surface area contributed by atoms with Crippen molar-refractivity contribution in [3.05, 3.63) is 22.8 Å². The lowest BCUT2D eigenvalue weighted by molar-refractivity contribution is -0.141. The fraction of sp³-hybridized carbons (Fsp3) is 0.364. The molecular weight excluding hydrogens is 345 g/mol. The summed E-state index contributed by atoms with van der Waals surface area (Å²) >= 11 is 10.6. The molecule has 0 radical (unpaired) electrons. The molecule has 0 aliphatic carbocycles. The third kappa shape index (κ3) is 4.97. The molecule has 0 spiro atoms. The monoisotopic (exact) mass is 356 g/mol. The lowest BCUT2D eigenvalue weighted by Crippen LogP contribution is -2.47. The highest BCUT2D eigenvalue weighted by molar-refractivity contribution is 7.80. The van der Waals surface area contributed by atoms with Crippen LogP contribution in [-0.2, 0) is 15.7 Å². The lowest BCUT2D eigenvalue weighted by atomic mass is 10.3. The average Bonchev–Trinajstić information content (AvgIpc) is 2.43. The van der Waals surface area contributed by atoms with Crippen LogP contribution in [0.15, 0.2) is 12.3 Å². The molecule has 1 rings (SSSR count). The summed E-state index contributed by atoms with van der Waals surface area (Å²) in [6.07, 6.45) is -3.99. The Morgan fingerprint density at radius 2 is 2.23 bits per heavy atom. The maximum atomic E-state index is 12.5. The van der Waals surface area contributed by atoms with E-state index < -0.39 is 17.7 Å². The van der Waals surface area contributed by atoms with E-state index in [1.807, 2.05) is 0 Å². The van der Waals surface area contributed by atoms with Crippen LogP contribution in [0.1, 0.15) is 12.5 Å². The van der Waals surface area contributed by atoms with Crippen LogP contribution in [-0.4, -0.2) is 29.2 Å². The second-order valence-electron chi connectivity index (χ2n) is 3.86. The first-order valence-corrected chi connectivity index (χ1v) is 6.66. The van der Waals surface area contributed by atoms with Crippen LogP contribution < -0.4 is 16.2 Å². The van der Waals surface area contributed by atoms with Crippen molar-refractivity contribution in [3.63, 3.8) is 0 Å². The Balaban J connectivity index is 2.79. The number of carbonyl (C=O) groups excluding carboxylic acids is 1. The molecule has 22 heavy (non-hydrogen) atoms. The number of rotatable bonds is 4. The molecule has 0 atom stereocenters. The van der Waals surface area contributed by atoms with Gasteiger partial charge < -0.3 is 10.1 Å². The minimum atomic E-state index is -4.57. The minimum absolute atomic E-state index is 0.151. The molecule has 0 saturated heterocycles. The maximum absolute atomic E-state index is 12.5. The first kappa shape index (κ1) is 18.4. The normalized spacial score (nSPS) is 11.0. The molecule has 0 aromatic carbocycles. The van der Waals surface area contributed by atoms with E-state index in [2.05, 4.69) is 15.0 Å². The lowest BCUT2D eigenvalue weighted by Gasteiger charge is -2.20. The van der Waals surface area contributed by atoms with Crippen LogP contribution in [0.25, 0.3) is 0 Å². The highest BCUT2D eigenvalue weighted by Gasteiger charge is 2.32. The molecule has 0 unspecified atom stereocenters. The van der Waals surface area contributed by atoms with Gasteiger partial charge in [0.15, 0.2) is 10.9 Å². The number of halogens is 4. The van der Waals surface area contributed by atoms with E-state index in [1.54, 1.807) is 6.92 Å². The Morgan fingerprint density at radius 3 is 2.73 bits per heavy atom. The fourth-order valence-electron chi connectivity index (χ4n) is 1.30. The Labute approximate surface area is 134 Å². The van der Waals surface area contributed by atoms with Crippen molar-refractivity contribution in [3.8, 4) is 0 Å². The summed E-state index contributed by atoms with van der Waals surface area (Å²) in [6.45, 7) is 1.59. The zero-order valence-corrected chi connectivity index (χ0v) is 12.8. The van der Waals surface area contributed by atoms with Gasteiger partial charge in [0, 0.05) is 6.20 Å². The van der Waals surface area contributed by atoms with Crippen LogP contribution in [0, 0.1) is 0 Å². The maximum Gasteiger partial charge on any atom is 0.417 e. The van der Waals surface area contributed by atoms with Crippen molar-refractivity contribution < 1.29 is 22.7 Å². The number of hydrogen-bond acceptors (Lipinski definition) is 5. The third-order valence-corrected chi connectivity index (χ3v) is 2.90. The van der Waals surface area contributed by atoms with Crippen molar-refractivity contribution in [1.82, 2.24) is 10.3 Å². The number of carbonyl (C=O) groups is 1. The van der Waals surface area contributed by atoms with E-state index in [4.69, 9.17) is 29.7 Å². The minimum Gasteiger partial charge on any atom is -0.465 e. The van der Waals surface area contributed by atoms with Crippen LogP contribution >= 0.6 is 23.8 Å². The number of hydrazine groups is 1. The standard InChI is InChI=1S/C11H12ClF3N4O2S/c1-2-21-8(20)5-18-10(22)19(16)9-7(12)3-6(4-17-9)11(13,14)15/h3-4H,2,5,16H2,1H3,(H,18,22). The Kier molecular flexibility index (Phi) is 6.33. The largest absolute Gasteiger partial charge is 0.465 e. The average molecular weight is 357 g/mol. The second-order valence-corrected chi connectivity index (χ2v) is 4.65. The zero-order valence-electron chi connectivity index (χ0n) is 11.3. The van der Waals surface area contributed by atoms with Gasteiger partial charge in [0.2, 0.25) is 0 Å². The summed E-state index contributed by atoms with van der Waals surface area (Å²) in [6, 6.07) is 0.678. The molecule has 0 aliphatic rings. The third-order valence-electron chi connectivity index (χ3n) is 2.29. The number of thiocarbonyl (C=S) groups is 1. The number of aromatic nitrogens is 1. The molecule has 0 saturated carbocycles. The topological polar surface area (TPSA) is 80.5 Å². The number of nitrogens with two attached hydrogens (primary N) is 1. The number of ether oxygens (including phenoxy) is 1. The van der Waals surface area contributed by atoms with E-state index in [-0.39, 0.29) is 29.1 Å². The number of pyridine rings is 1. The summed E-state index contributed by atoms with van der Waals surface area (Å²) < 4.78 is 42.2. The van der Waals surface area contributed by atoms with Crippen LogP contribution in [0.2, 0.25) is 5.02 Å². The molecule has 11 heteroatoms. The molecule has 1 aromatic rings. The van der Waals surface area contributed by atoms with Crippen molar-refractivity contribution in [2.24, 2.45) is 5.84 Å². The van der Waals surface area contributed by atoms with E-state index in [0.717, 1.165) is 5.01 Å². The van der Waals surface area contributed by atoms with Gasteiger partial charge in [0.25, 0.3) is 0 Å². The second kappa shape index (κ2) is 7.56. The van der Waals surface area contributed by atoms with Gasteiger partial charge in [-0.1, -0.05) is 11.6 Å². The summed E-state index contributed by atoms with van der Waals surface area (Å²) in [5.74, 6) is 4.86. The number of esters is 1. The number of anilines is 1. The van der Waals surface area contributed by atoms with Crippen molar-refractivity contribution >= 4 is 40.7 Å². The van der Waals surface area contributed by atoms with Crippen LogP contribution in [0.5, 0.6) is 0 Å². The van der Waals surface area contributed by atoms with Gasteiger partial charge in [-0.05, 0) is 25.2 Å². The molecular formula is C11H12ClF3N4O2S. The molecule has 122 valence electrons. The van der Waals surface area contributed by atoms with Gasteiger partial charge in [0.05, 0.1) is 17.2 Å². The Morgan fingerprint density at radius 1 is 1.59 bits per heavy atom. The Bertz CT molecular complexity index is 571. The summed E-state index contributed by atoms with van der Waals surface area (Å²) in [4.78, 5) is 14.7. The number of nitrogens with one attached hydrogen (secondary N) is 1. The summed E-state index contributed by atoms with van der Waals surface area (Å²) in [7, 11) is 0. The molecule has 3 N–H and O–H groups in total. The number of nitrogens with zero attached hydrogens (tertiary/aromatic N) is 2. The smallest absolute Gasteiger partial charge is 0.417 e. The molecule has 1 heterocycles. The fourth-order valence-corrected chi connectivity index (χ4v) is 1.72. The molecule has 0 bridgehead atoms. The van der Waals surface area contributed by atoms with Crippen molar-refractivity contribution in [2.75, 3.05) is 18.2 Å². The first-order chi connectivity index (χ1) is 10.2. The first-order valence-electron chi connectivity index (χ1n) is 5.87. The van der Waals surface area contributed by atoms with Crippen LogP contribution in [0.4, 0.5) is 19.0 Å². The van der Waals surface area contributed by atoms with Gasteiger partial charge in [-0.2, -0.15) is 13.2 Å². The quantitative estimate of drug-likeness (QED) is 0.369. The molecule has 0 amide bonds. The van der Waals surface area contributed by atoms with Gasteiger partial charge in [-0.3, -0.25) is 4.79 Å². The molecule has 0 aliphatic heterocycles. The summed E-state index contributed by atoms with van der Waals surface area (Å²) in [5, 5.41) is 2.75. The van der Waals surface area contributed by atoms with E-state index in [0.29, 0.717) is 12.3 Å². The van der Waals surface area contributed by atoms with Gasteiger partial charge in [0.1, 0.15) is 6.54 Å². The predicted octanol–water partition coefficient (Wildman–Crippen LogP) is 1.87. The zero-order chi connectivity index (χ0) is 16.9. The molecule has 0 fully saturated rings. The summed E-state index contributed by atoms with van der Waals surface area (Å²) in [5.41, 5.74) is -1.01.